The molecule has 1 atom stereocenters. The number of nitrogens with one attached hydrogen (secondary N) is 1. The summed E-state index contributed by atoms with van der Waals surface area (Å²) >= 11 is 0. The summed E-state index contributed by atoms with van der Waals surface area (Å²) in [5.74, 6) is 0.163. The van der Waals surface area contributed by atoms with Gasteiger partial charge in [-0.25, -0.2) is 0 Å². The van der Waals surface area contributed by atoms with Crippen LogP contribution in [0.25, 0.3) is 0 Å². The summed E-state index contributed by atoms with van der Waals surface area (Å²) in [6.07, 6.45) is 1.99. The van der Waals surface area contributed by atoms with Gasteiger partial charge in [-0.1, -0.05) is 27.7 Å². The predicted octanol–water partition coefficient (Wildman–Crippen LogP) is 1.37. The Kier molecular flexibility index (Phi) is 7.79. The fraction of sp³-hybridized carbons (Fsp3) is 0.867. The Morgan fingerprint density at radius 1 is 1.20 bits per heavy atom. The van der Waals surface area contributed by atoms with Gasteiger partial charge in [0.05, 0.1) is 5.41 Å². The van der Waals surface area contributed by atoms with E-state index in [4.69, 9.17) is 5.73 Å². The minimum Gasteiger partial charge on any atom is -0.347 e. The predicted molar refractivity (Wildman–Crippen MR) is 82.1 cm³/mol. The number of carbonyl (C=O) groups is 2. The third-order valence-corrected chi connectivity index (χ3v) is 3.98. The van der Waals surface area contributed by atoms with E-state index in [9.17, 15) is 9.59 Å². The molecule has 5 heteroatoms. The zero-order valence-corrected chi connectivity index (χ0v) is 13.8. The highest BCUT2D eigenvalue weighted by molar-refractivity contribution is 5.90. The summed E-state index contributed by atoms with van der Waals surface area (Å²) in [6.45, 7) is 8.30. The summed E-state index contributed by atoms with van der Waals surface area (Å²) in [7, 11) is 3.41. The topological polar surface area (TPSA) is 75.4 Å². The highest BCUT2D eigenvalue weighted by Crippen LogP contribution is 2.25. The first-order valence-electron chi connectivity index (χ1n) is 7.46. The number of nitrogens with two attached hydrogens (primary N) is 1. The highest BCUT2D eigenvalue weighted by Gasteiger charge is 2.36. The lowest BCUT2D eigenvalue weighted by atomic mass is 9.81. The molecule has 0 saturated heterocycles. The Labute approximate surface area is 123 Å². The third-order valence-electron chi connectivity index (χ3n) is 3.98. The first-order chi connectivity index (χ1) is 9.23. The number of carbonyl (C=O) groups excluding carboxylic acids is 2. The lowest BCUT2D eigenvalue weighted by Gasteiger charge is -2.32. The van der Waals surface area contributed by atoms with E-state index < -0.39 is 11.5 Å². The molecule has 5 nitrogen and oxygen atoms in total. The maximum Gasteiger partial charge on any atom is 0.244 e. The van der Waals surface area contributed by atoms with Gasteiger partial charge >= 0.3 is 0 Å². The number of amides is 2. The summed E-state index contributed by atoms with van der Waals surface area (Å²) < 4.78 is 0. The van der Waals surface area contributed by atoms with E-state index in [1.54, 1.807) is 14.1 Å². The van der Waals surface area contributed by atoms with Crippen LogP contribution in [0.1, 0.15) is 47.0 Å². The van der Waals surface area contributed by atoms with Crippen LogP contribution in [0.2, 0.25) is 0 Å². The van der Waals surface area contributed by atoms with E-state index in [0.717, 1.165) is 0 Å². The first-order valence-corrected chi connectivity index (χ1v) is 7.46. The van der Waals surface area contributed by atoms with Gasteiger partial charge in [0, 0.05) is 20.6 Å². The molecule has 0 aliphatic heterocycles. The SMILES string of the molecule is CCC(CC)(CN)C(=O)NC(CC(C)C)C(=O)N(C)C. The van der Waals surface area contributed by atoms with Crippen molar-refractivity contribution in [3.05, 3.63) is 0 Å². The molecule has 0 heterocycles. The van der Waals surface area contributed by atoms with Crippen molar-refractivity contribution < 1.29 is 9.59 Å². The zero-order valence-electron chi connectivity index (χ0n) is 13.8. The zero-order chi connectivity index (χ0) is 15.9. The van der Waals surface area contributed by atoms with Gasteiger partial charge in [-0.05, 0) is 25.2 Å². The Hall–Kier alpha value is -1.10. The van der Waals surface area contributed by atoms with Crippen LogP contribution in [-0.4, -0.2) is 43.4 Å². The van der Waals surface area contributed by atoms with Crippen LogP contribution in [0.3, 0.4) is 0 Å². The fourth-order valence-corrected chi connectivity index (χ4v) is 2.27. The second-order valence-electron chi connectivity index (χ2n) is 6.08. The molecule has 0 bridgehead atoms. The lowest BCUT2D eigenvalue weighted by molar-refractivity contribution is -0.138. The van der Waals surface area contributed by atoms with Crippen LogP contribution in [-0.2, 0) is 9.59 Å². The molecular weight excluding hydrogens is 254 g/mol. The van der Waals surface area contributed by atoms with Crippen LogP contribution in [0.15, 0.2) is 0 Å². The molecule has 0 rings (SSSR count). The molecule has 20 heavy (non-hydrogen) atoms. The Morgan fingerprint density at radius 2 is 1.70 bits per heavy atom. The van der Waals surface area contributed by atoms with Crippen molar-refractivity contribution in [3.63, 3.8) is 0 Å². The van der Waals surface area contributed by atoms with Crippen LogP contribution in [0.4, 0.5) is 0 Å². The minimum absolute atomic E-state index is 0.0647. The van der Waals surface area contributed by atoms with Gasteiger partial charge in [0.1, 0.15) is 6.04 Å². The van der Waals surface area contributed by atoms with Gasteiger partial charge in [-0.15, -0.1) is 0 Å². The summed E-state index contributed by atoms with van der Waals surface area (Å²) in [5, 5.41) is 2.91. The molecule has 1 unspecified atom stereocenters. The van der Waals surface area contributed by atoms with E-state index >= 15 is 0 Å². The molecule has 0 aliphatic rings. The summed E-state index contributed by atoms with van der Waals surface area (Å²) in [5.41, 5.74) is 5.22. The van der Waals surface area contributed by atoms with E-state index in [1.807, 2.05) is 27.7 Å². The second kappa shape index (κ2) is 8.25. The maximum absolute atomic E-state index is 12.5. The van der Waals surface area contributed by atoms with Gasteiger partial charge < -0.3 is 16.0 Å². The monoisotopic (exact) mass is 285 g/mol. The fourth-order valence-electron chi connectivity index (χ4n) is 2.27. The highest BCUT2D eigenvalue weighted by atomic mass is 16.2. The molecule has 0 aliphatic carbocycles. The molecular formula is C15H31N3O2. The van der Waals surface area contributed by atoms with Crippen molar-refractivity contribution in [3.8, 4) is 0 Å². The van der Waals surface area contributed by atoms with E-state index in [1.165, 1.54) is 4.90 Å². The van der Waals surface area contributed by atoms with Crippen LogP contribution in [0, 0.1) is 11.3 Å². The number of hydrogen-bond acceptors (Lipinski definition) is 3. The molecule has 0 fully saturated rings. The Morgan fingerprint density at radius 3 is 2.00 bits per heavy atom. The molecule has 0 saturated carbocycles. The summed E-state index contributed by atoms with van der Waals surface area (Å²) in [4.78, 5) is 26.2. The molecule has 0 radical (unpaired) electrons. The van der Waals surface area contributed by atoms with Crippen LogP contribution >= 0.6 is 0 Å². The number of hydrogen-bond donors (Lipinski definition) is 2. The van der Waals surface area contributed by atoms with Crippen molar-refractivity contribution >= 4 is 11.8 Å². The molecule has 0 aromatic heterocycles. The average Bonchev–Trinajstić information content (AvgIpc) is 2.39. The van der Waals surface area contributed by atoms with Gasteiger partial charge in [0.25, 0.3) is 0 Å². The van der Waals surface area contributed by atoms with Gasteiger partial charge in [-0.2, -0.15) is 0 Å². The molecule has 0 aromatic rings. The number of nitrogens with zero attached hydrogens (tertiary/aromatic N) is 1. The smallest absolute Gasteiger partial charge is 0.244 e. The molecule has 0 spiro atoms. The van der Waals surface area contributed by atoms with Crippen molar-refractivity contribution in [1.29, 1.82) is 0 Å². The third kappa shape index (κ3) is 4.78. The summed E-state index contributed by atoms with van der Waals surface area (Å²) in [6, 6.07) is -0.471. The van der Waals surface area contributed by atoms with Crippen molar-refractivity contribution in [2.24, 2.45) is 17.1 Å². The van der Waals surface area contributed by atoms with Crippen LogP contribution < -0.4 is 11.1 Å². The second-order valence-corrected chi connectivity index (χ2v) is 6.08. The first kappa shape index (κ1) is 18.9. The molecule has 118 valence electrons. The maximum atomic E-state index is 12.5. The largest absolute Gasteiger partial charge is 0.347 e. The van der Waals surface area contributed by atoms with E-state index in [2.05, 4.69) is 5.32 Å². The molecule has 2 amide bonds. The average molecular weight is 285 g/mol. The van der Waals surface area contributed by atoms with Crippen molar-refractivity contribution in [1.82, 2.24) is 10.2 Å². The Balaban J connectivity index is 5.06. The van der Waals surface area contributed by atoms with Gasteiger partial charge in [0.2, 0.25) is 11.8 Å². The minimum atomic E-state index is -0.568. The van der Waals surface area contributed by atoms with E-state index in [-0.39, 0.29) is 11.8 Å². The number of rotatable bonds is 8. The standard InChI is InChI=1S/C15H31N3O2/c1-7-15(8-2,10-16)14(20)17-12(9-11(3)4)13(19)18(5)6/h11-12H,7-10,16H2,1-6H3,(H,17,20). The number of likely N-dealkylation sites (N-methyl/N-ethyl adjacent to an activating group) is 1. The van der Waals surface area contributed by atoms with Crippen LogP contribution in [0.5, 0.6) is 0 Å². The molecule has 3 N–H and O–H groups in total. The van der Waals surface area contributed by atoms with E-state index in [0.29, 0.717) is 31.7 Å². The van der Waals surface area contributed by atoms with Gasteiger partial charge in [0.15, 0.2) is 0 Å². The lowest BCUT2D eigenvalue weighted by Crippen LogP contribution is -2.53. The quantitative estimate of drug-likeness (QED) is 0.707. The Bertz CT molecular complexity index is 315. The molecule has 0 aromatic carbocycles. The van der Waals surface area contributed by atoms with Crippen molar-refractivity contribution in [2.75, 3.05) is 20.6 Å². The van der Waals surface area contributed by atoms with Gasteiger partial charge in [-0.3, -0.25) is 9.59 Å². The normalized spacial score (nSPS) is 13.2. The van der Waals surface area contributed by atoms with Crippen molar-refractivity contribution in [2.45, 2.75) is 53.0 Å².